The van der Waals surface area contributed by atoms with Gasteiger partial charge in [0.15, 0.2) is 11.5 Å². The number of benzene rings is 2. The Morgan fingerprint density at radius 1 is 1.06 bits per heavy atom. The summed E-state index contributed by atoms with van der Waals surface area (Å²) in [6.07, 6.45) is 1.28. The Balaban J connectivity index is 2.03. The number of hydrogen-bond acceptors (Lipinski definition) is 6. The van der Waals surface area contributed by atoms with Gasteiger partial charge >= 0.3 is 5.97 Å². The molecule has 1 heterocycles. The van der Waals surface area contributed by atoms with Gasteiger partial charge in [0, 0.05) is 6.54 Å². The fourth-order valence-corrected chi connectivity index (χ4v) is 5.76. The molecule has 0 spiro atoms. The number of hydrogen-bond donors (Lipinski definition) is 0. The average Bonchev–Trinajstić information content (AvgIpc) is 2.77. The van der Waals surface area contributed by atoms with Gasteiger partial charge in [-0.1, -0.05) is 26.0 Å². The molecule has 7 nitrogen and oxygen atoms in total. The number of sulfonamides is 1. The van der Waals surface area contributed by atoms with Crippen molar-refractivity contribution in [2.45, 2.75) is 44.0 Å². The number of ether oxygens (including phenoxy) is 3. The van der Waals surface area contributed by atoms with E-state index in [0.717, 1.165) is 23.1 Å². The third kappa shape index (κ3) is 4.91. The molecule has 32 heavy (non-hydrogen) atoms. The van der Waals surface area contributed by atoms with Crippen LogP contribution in [0.15, 0.2) is 41.3 Å². The summed E-state index contributed by atoms with van der Waals surface area (Å²) in [4.78, 5) is 12.4. The number of carbonyl (C=O) groups is 1. The molecule has 0 aliphatic carbocycles. The first-order valence-corrected chi connectivity index (χ1v) is 12.1. The van der Waals surface area contributed by atoms with Gasteiger partial charge in [-0.3, -0.25) is 4.79 Å². The summed E-state index contributed by atoms with van der Waals surface area (Å²) in [5.74, 6) is 1.05. The molecule has 0 bridgehead atoms. The van der Waals surface area contributed by atoms with E-state index in [1.165, 1.54) is 18.5 Å². The van der Waals surface area contributed by atoms with Crippen molar-refractivity contribution in [2.24, 2.45) is 5.92 Å². The Bertz CT molecular complexity index is 1060. The molecule has 1 aliphatic heterocycles. The van der Waals surface area contributed by atoms with Crippen molar-refractivity contribution in [3.8, 4) is 11.5 Å². The molecule has 0 fully saturated rings. The van der Waals surface area contributed by atoms with Crippen LogP contribution in [0.2, 0.25) is 0 Å². The molecule has 1 aliphatic rings. The van der Waals surface area contributed by atoms with Crippen molar-refractivity contribution >= 4 is 16.0 Å². The molecule has 0 saturated heterocycles. The standard InChI is InChI=1S/C24H31NO6S/c1-16(2)12-17-6-8-19(9-7-17)32(27,28)25-11-10-18-13-22(29-3)23(30-4)14-20(18)21(25)15-24(26)31-5/h6-9,13-14,16,21H,10-12,15H2,1-5H3/t21-/m1/s1. The maximum absolute atomic E-state index is 13.6. The SMILES string of the molecule is COC(=O)C[C@@H]1c2cc(OC)c(OC)cc2CCN1S(=O)(=O)c1ccc(CC(C)C)cc1. The summed E-state index contributed by atoms with van der Waals surface area (Å²) in [5, 5.41) is 0. The normalized spacial score (nSPS) is 16.5. The summed E-state index contributed by atoms with van der Waals surface area (Å²) >= 11 is 0. The van der Waals surface area contributed by atoms with Gasteiger partial charge in [0.1, 0.15) is 0 Å². The van der Waals surface area contributed by atoms with Crippen LogP contribution in [0.1, 0.15) is 43.0 Å². The second-order valence-corrected chi connectivity index (χ2v) is 10.2. The second kappa shape index (κ2) is 9.92. The Kier molecular flexibility index (Phi) is 7.46. The molecule has 8 heteroatoms. The topological polar surface area (TPSA) is 82.1 Å². The second-order valence-electron chi connectivity index (χ2n) is 8.31. The van der Waals surface area contributed by atoms with Crippen LogP contribution >= 0.6 is 0 Å². The Labute approximate surface area is 190 Å². The third-order valence-corrected chi connectivity index (χ3v) is 7.64. The minimum Gasteiger partial charge on any atom is -0.493 e. The van der Waals surface area contributed by atoms with E-state index in [4.69, 9.17) is 14.2 Å². The first kappa shape index (κ1) is 24.1. The van der Waals surface area contributed by atoms with Crippen molar-refractivity contribution in [1.29, 1.82) is 0 Å². The van der Waals surface area contributed by atoms with Crippen LogP contribution < -0.4 is 9.47 Å². The van der Waals surface area contributed by atoms with E-state index in [0.29, 0.717) is 23.8 Å². The van der Waals surface area contributed by atoms with Crippen LogP contribution in [0.25, 0.3) is 0 Å². The predicted octanol–water partition coefficient (Wildman–Crippen LogP) is 3.75. The monoisotopic (exact) mass is 461 g/mol. The van der Waals surface area contributed by atoms with E-state index in [2.05, 4.69) is 13.8 Å². The lowest BCUT2D eigenvalue weighted by atomic mass is 9.91. The van der Waals surface area contributed by atoms with Gasteiger partial charge in [-0.15, -0.1) is 0 Å². The fraction of sp³-hybridized carbons (Fsp3) is 0.458. The molecule has 2 aromatic rings. The van der Waals surface area contributed by atoms with Crippen LogP contribution in [0.3, 0.4) is 0 Å². The molecular weight excluding hydrogens is 430 g/mol. The van der Waals surface area contributed by atoms with E-state index in [-0.39, 0.29) is 17.9 Å². The highest BCUT2D eigenvalue weighted by Gasteiger charge is 2.38. The Hall–Kier alpha value is -2.58. The van der Waals surface area contributed by atoms with Crippen LogP contribution in [0, 0.1) is 5.92 Å². The molecule has 3 rings (SSSR count). The summed E-state index contributed by atoms with van der Waals surface area (Å²) in [7, 11) is 0.542. The lowest BCUT2D eigenvalue weighted by molar-refractivity contribution is -0.141. The van der Waals surface area contributed by atoms with Crippen molar-refractivity contribution in [3.63, 3.8) is 0 Å². The smallest absolute Gasteiger partial charge is 0.307 e. The number of methoxy groups -OCH3 is 3. The fourth-order valence-electron chi connectivity index (χ4n) is 4.15. The van der Waals surface area contributed by atoms with Gasteiger partial charge in [-0.05, 0) is 59.7 Å². The maximum atomic E-state index is 13.6. The first-order valence-electron chi connectivity index (χ1n) is 10.6. The average molecular weight is 462 g/mol. The van der Waals surface area contributed by atoms with E-state index < -0.39 is 22.0 Å². The molecule has 0 unspecified atom stereocenters. The minimum absolute atomic E-state index is 0.0936. The van der Waals surface area contributed by atoms with Gasteiger partial charge in [0.05, 0.1) is 38.7 Å². The van der Waals surface area contributed by atoms with Crippen LogP contribution in [-0.2, 0) is 32.4 Å². The molecule has 0 N–H and O–H groups in total. The number of esters is 1. The molecule has 0 saturated carbocycles. The lowest BCUT2D eigenvalue weighted by Crippen LogP contribution is -2.41. The summed E-state index contributed by atoms with van der Waals surface area (Å²) in [6, 6.07) is 9.91. The number of carbonyl (C=O) groups excluding carboxylic acids is 1. The highest BCUT2D eigenvalue weighted by molar-refractivity contribution is 7.89. The third-order valence-electron chi connectivity index (χ3n) is 5.72. The molecule has 1 atom stereocenters. The van der Waals surface area contributed by atoms with E-state index >= 15 is 0 Å². The van der Waals surface area contributed by atoms with Crippen molar-refractivity contribution < 1.29 is 27.4 Å². The molecule has 0 radical (unpaired) electrons. The quantitative estimate of drug-likeness (QED) is 0.557. The van der Waals surface area contributed by atoms with Gasteiger partial charge in [0.25, 0.3) is 0 Å². The number of fused-ring (bicyclic) bond motifs is 1. The van der Waals surface area contributed by atoms with Crippen molar-refractivity contribution in [2.75, 3.05) is 27.9 Å². The van der Waals surface area contributed by atoms with Crippen LogP contribution in [-0.4, -0.2) is 46.6 Å². The lowest BCUT2D eigenvalue weighted by Gasteiger charge is -2.36. The highest BCUT2D eigenvalue weighted by atomic mass is 32.2. The van der Waals surface area contributed by atoms with Gasteiger partial charge in [-0.2, -0.15) is 4.31 Å². The minimum atomic E-state index is -3.83. The molecule has 174 valence electrons. The van der Waals surface area contributed by atoms with Gasteiger partial charge < -0.3 is 14.2 Å². The molecule has 2 aromatic carbocycles. The Morgan fingerprint density at radius 3 is 2.25 bits per heavy atom. The number of rotatable bonds is 8. The molecule has 0 amide bonds. The molecular formula is C24H31NO6S. The zero-order valence-electron chi connectivity index (χ0n) is 19.3. The number of nitrogens with zero attached hydrogens (tertiary/aromatic N) is 1. The first-order chi connectivity index (χ1) is 15.2. The van der Waals surface area contributed by atoms with Gasteiger partial charge in [0.2, 0.25) is 10.0 Å². The van der Waals surface area contributed by atoms with Crippen LogP contribution in [0.4, 0.5) is 0 Å². The zero-order chi connectivity index (χ0) is 23.5. The Morgan fingerprint density at radius 2 is 1.69 bits per heavy atom. The van der Waals surface area contributed by atoms with E-state index in [1.807, 2.05) is 18.2 Å². The van der Waals surface area contributed by atoms with E-state index in [1.54, 1.807) is 25.3 Å². The summed E-state index contributed by atoms with van der Waals surface area (Å²) in [5.41, 5.74) is 2.74. The van der Waals surface area contributed by atoms with E-state index in [9.17, 15) is 13.2 Å². The summed E-state index contributed by atoms with van der Waals surface area (Å²) in [6.45, 7) is 4.49. The molecule has 0 aromatic heterocycles. The van der Waals surface area contributed by atoms with Crippen LogP contribution in [0.5, 0.6) is 11.5 Å². The van der Waals surface area contributed by atoms with Crippen molar-refractivity contribution in [1.82, 2.24) is 4.31 Å². The largest absolute Gasteiger partial charge is 0.493 e. The maximum Gasteiger partial charge on any atom is 0.307 e. The van der Waals surface area contributed by atoms with Gasteiger partial charge in [-0.25, -0.2) is 8.42 Å². The van der Waals surface area contributed by atoms with Crippen molar-refractivity contribution in [3.05, 3.63) is 53.1 Å². The predicted molar refractivity (Wildman–Crippen MR) is 121 cm³/mol. The zero-order valence-corrected chi connectivity index (χ0v) is 20.1. The highest BCUT2D eigenvalue weighted by Crippen LogP contribution is 2.41. The summed E-state index contributed by atoms with van der Waals surface area (Å²) < 4.78 is 44.3.